The summed E-state index contributed by atoms with van der Waals surface area (Å²) in [5.74, 6) is -1.20. The van der Waals surface area contributed by atoms with E-state index < -0.39 is 5.97 Å². The minimum absolute atomic E-state index is 0. The minimum Gasteiger partial charge on any atom is -0.543 e. The molecule has 0 amide bonds. The number of aromatic carboxylic acids is 1. The van der Waals surface area contributed by atoms with Gasteiger partial charge in [0.15, 0.2) is 0 Å². The summed E-state index contributed by atoms with van der Waals surface area (Å²) in [7, 11) is 1.72. The first-order valence-corrected chi connectivity index (χ1v) is 6.52. The number of aryl methyl sites for hydroxylation is 1. The fourth-order valence-corrected chi connectivity index (χ4v) is 2.72. The van der Waals surface area contributed by atoms with Gasteiger partial charge in [-0.3, -0.25) is 0 Å². The molecule has 2 aromatic carbocycles. The van der Waals surface area contributed by atoms with Crippen LogP contribution in [0.1, 0.15) is 10.5 Å². The van der Waals surface area contributed by atoms with Crippen LogP contribution in [0.4, 0.5) is 0 Å². The zero-order chi connectivity index (χ0) is 14.3. The standard InChI is InChI=1S/C16H12ClNO2.K/c1-18-13-8-7-11(17)9-12(13)14(15(18)16(19)20)10-5-3-2-4-6-10;/h2-9H,1H3,(H,19,20);/q;+1/p-1. The summed E-state index contributed by atoms with van der Waals surface area (Å²) >= 11 is 6.05. The van der Waals surface area contributed by atoms with Crippen LogP contribution in [-0.2, 0) is 7.05 Å². The molecule has 0 fully saturated rings. The molecule has 21 heavy (non-hydrogen) atoms. The summed E-state index contributed by atoms with van der Waals surface area (Å²) in [5.41, 5.74) is 2.45. The van der Waals surface area contributed by atoms with Gasteiger partial charge in [0, 0.05) is 28.5 Å². The van der Waals surface area contributed by atoms with Crippen LogP contribution in [0.25, 0.3) is 22.0 Å². The molecule has 0 aliphatic heterocycles. The summed E-state index contributed by atoms with van der Waals surface area (Å²) in [6.45, 7) is 0. The molecule has 0 spiro atoms. The Morgan fingerprint density at radius 1 is 1.14 bits per heavy atom. The molecule has 5 heteroatoms. The van der Waals surface area contributed by atoms with Gasteiger partial charge in [-0.25, -0.2) is 0 Å². The third kappa shape index (κ3) is 2.97. The second-order valence-corrected chi connectivity index (χ2v) is 5.03. The molecule has 0 saturated carbocycles. The van der Waals surface area contributed by atoms with E-state index in [0.717, 1.165) is 16.5 Å². The summed E-state index contributed by atoms with van der Waals surface area (Å²) in [4.78, 5) is 11.5. The van der Waals surface area contributed by atoms with Crippen LogP contribution < -0.4 is 56.5 Å². The quantitative estimate of drug-likeness (QED) is 0.617. The Labute approximate surface area is 170 Å². The summed E-state index contributed by atoms with van der Waals surface area (Å²) in [5, 5.41) is 12.9. The maximum absolute atomic E-state index is 11.5. The Hall–Kier alpha value is -0.624. The number of nitrogens with zero attached hydrogens (tertiary/aromatic N) is 1. The van der Waals surface area contributed by atoms with Crippen molar-refractivity contribution in [3.8, 4) is 11.1 Å². The molecule has 0 radical (unpaired) electrons. The Morgan fingerprint density at radius 2 is 1.81 bits per heavy atom. The number of hydrogen-bond acceptors (Lipinski definition) is 2. The number of rotatable bonds is 2. The van der Waals surface area contributed by atoms with E-state index in [9.17, 15) is 9.90 Å². The van der Waals surface area contributed by atoms with Gasteiger partial charge in [-0.2, -0.15) is 0 Å². The maximum atomic E-state index is 11.5. The van der Waals surface area contributed by atoms with E-state index in [1.54, 1.807) is 23.7 Å². The first kappa shape index (κ1) is 16.7. The molecule has 0 atom stereocenters. The normalized spacial score (nSPS) is 10.4. The number of carbonyl (C=O) groups excluding carboxylic acids is 1. The van der Waals surface area contributed by atoms with Crippen LogP contribution in [0.3, 0.4) is 0 Å². The van der Waals surface area contributed by atoms with Crippen LogP contribution in [0.2, 0.25) is 5.02 Å². The van der Waals surface area contributed by atoms with E-state index in [1.165, 1.54) is 0 Å². The summed E-state index contributed by atoms with van der Waals surface area (Å²) < 4.78 is 1.63. The largest absolute Gasteiger partial charge is 1.00 e. The SMILES string of the molecule is Cn1c(C(=O)[O-])c(-c2ccccc2)c2cc(Cl)ccc21.[K+]. The molecular weight excluding hydrogens is 313 g/mol. The molecule has 0 unspecified atom stereocenters. The topological polar surface area (TPSA) is 45.1 Å². The third-order valence-corrected chi connectivity index (χ3v) is 3.65. The first-order valence-electron chi connectivity index (χ1n) is 6.14. The van der Waals surface area contributed by atoms with Crippen molar-refractivity contribution in [1.29, 1.82) is 0 Å². The Bertz CT molecular complexity index is 812. The number of carbonyl (C=O) groups is 1. The van der Waals surface area contributed by atoms with Crippen LogP contribution in [0, 0.1) is 0 Å². The van der Waals surface area contributed by atoms with E-state index in [4.69, 9.17) is 11.6 Å². The smallest absolute Gasteiger partial charge is 0.543 e. The molecule has 1 heterocycles. The number of fused-ring (bicyclic) bond motifs is 1. The zero-order valence-corrected chi connectivity index (χ0v) is 15.6. The van der Waals surface area contributed by atoms with E-state index in [2.05, 4.69) is 0 Å². The Morgan fingerprint density at radius 3 is 2.43 bits per heavy atom. The number of carboxylic acid groups (broad SMARTS) is 1. The van der Waals surface area contributed by atoms with Gasteiger partial charge in [-0.05, 0) is 23.8 Å². The number of carboxylic acids is 1. The molecule has 3 nitrogen and oxygen atoms in total. The third-order valence-electron chi connectivity index (χ3n) is 3.42. The zero-order valence-electron chi connectivity index (χ0n) is 11.8. The van der Waals surface area contributed by atoms with Gasteiger partial charge in [0.05, 0.1) is 11.7 Å². The van der Waals surface area contributed by atoms with Crippen LogP contribution in [0.15, 0.2) is 48.5 Å². The number of halogens is 1. The molecule has 0 bridgehead atoms. The van der Waals surface area contributed by atoms with Gasteiger partial charge < -0.3 is 14.5 Å². The molecule has 0 aliphatic rings. The van der Waals surface area contributed by atoms with Crippen LogP contribution in [-0.4, -0.2) is 10.5 Å². The maximum Gasteiger partial charge on any atom is 1.00 e. The van der Waals surface area contributed by atoms with Crippen molar-refractivity contribution >= 4 is 28.5 Å². The predicted molar refractivity (Wildman–Crippen MR) is 77.7 cm³/mol. The molecule has 0 N–H and O–H groups in total. The molecule has 3 rings (SSSR count). The molecule has 0 saturated heterocycles. The van der Waals surface area contributed by atoms with Crippen molar-refractivity contribution in [2.45, 2.75) is 0 Å². The Kier molecular flexibility index (Phi) is 5.30. The van der Waals surface area contributed by atoms with E-state index in [0.29, 0.717) is 10.6 Å². The number of benzene rings is 2. The fraction of sp³-hybridized carbons (Fsp3) is 0.0625. The van der Waals surface area contributed by atoms with E-state index in [-0.39, 0.29) is 57.1 Å². The number of aromatic nitrogens is 1. The molecule has 100 valence electrons. The molecule has 3 aromatic rings. The average molecular weight is 324 g/mol. The van der Waals surface area contributed by atoms with Crippen molar-refractivity contribution in [1.82, 2.24) is 4.57 Å². The summed E-state index contributed by atoms with van der Waals surface area (Å²) in [6, 6.07) is 14.7. The van der Waals surface area contributed by atoms with Gasteiger partial charge in [0.1, 0.15) is 0 Å². The van der Waals surface area contributed by atoms with Crippen molar-refractivity contribution in [3.05, 3.63) is 59.2 Å². The van der Waals surface area contributed by atoms with Crippen LogP contribution >= 0.6 is 11.6 Å². The van der Waals surface area contributed by atoms with Crippen molar-refractivity contribution in [2.75, 3.05) is 0 Å². The molecular formula is C16H11ClKNO2. The second-order valence-electron chi connectivity index (χ2n) is 4.60. The average Bonchev–Trinajstić information content (AvgIpc) is 2.72. The van der Waals surface area contributed by atoms with E-state index in [1.807, 2.05) is 36.4 Å². The van der Waals surface area contributed by atoms with E-state index >= 15 is 0 Å². The first-order chi connectivity index (χ1) is 9.59. The molecule has 0 aliphatic carbocycles. The van der Waals surface area contributed by atoms with Crippen molar-refractivity contribution < 1.29 is 61.3 Å². The fourth-order valence-electron chi connectivity index (χ4n) is 2.55. The Balaban J connectivity index is 0.00000161. The minimum atomic E-state index is -1.20. The van der Waals surface area contributed by atoms with Crippen molar-refractivity contribution in [2.24, 2.45) is 7.05 Å². The van der Waals surface area contributed by atoms with Gasteiger partial charge >= 0.3 is 51.4 Å². The van der Waals surface area contributed by atoms with Crippen LogP contribution in [0.5, 0.6) is 0 Å². The predicted octanol–water partition coefficient (Wildman–Crippen LogP) is -0.134. The van der Waals surface area contributed by atoms with Gasteiger partial charge in [-0.1, -0.05) is 41.9 Å². The van der Waals surface area contributed by atoms with Crippen molar-refractivity contribution in [3.63, 3.8) is 0 Å². The monoisotopic (exact) mass is 323 g/mol. The summed E-state index contributed by atoms with van der Waals surface area (Å²) in [6.07, 6.45) is 0. The molecule has 1 aromatic heterocycles. The van der Waals surface area contributed by atoms with Gasteiger partial charge in [0.2, 0.25) is 0 Å². The van der Waals surface area contributed by atoms with Gasteiger partial charge in [-0.15, -0.1) is 0 Å². The second kappa shape index (κ2) is 6.65. The van der Waals surface area contributed by atoms with Gasteiger partial charge in [0.25, 0.3) is 0 Å². The number of hydrogen-bond donors (Lipinski definition) is 0.